The number of nitrogens with two attached hydrogens (primary N) is 1. The van der Waals surface area contributed by atoms with Gasteiger partial charge in [-0.3, -0.25) is 4.79 Å². The van der Waals surface area contributed by atoms with Crippen molar-refractivity contribution in [2.45, 2.75) is 19.8 Å². The zero-order valence-corrected chi connectivity index (χ0v) is 11.0. The molecule has 3 N–H and O–H groups in total. The Bertz CT molecular complexity index is 365. The number of amides is 1. The molecule has 0 unspecified atom stereocenters. The molecule has 1 aromatic heterocycles. The summed E-state index contributed by atoms with van der Waals surface area (Å²) in [6.07, 6.45) is 1.95. The molecule has 0 aliphatic carbocycles. The summed E-state index contributed by atoms with van der Waals surface area (Å²) in [6, 6.07) is 3.51. The van der Waals surface area contributed by atoms with Gasteiger partial charge in [0, 0.05) is 20.1 Å². The highest BCUT2D eigenvalue weighted by Gasteiger charge is 2.09. The van der Waals surface area contributed by atoms with Gasteiger partial charge in [0.1, 0.15) is 0 Å². The van der Waals surface area contributed by atoms with Gasteiger partial charge in [0.05, 0.1) is 0 Å². The lowest BCUT2D eigenvalue weighted by atomic mass is 10.3. The van der Waals surface area contributed by atoms with Crippen LogP contribution in [0.4, 0.5) is 5.82 Å². The first-order valence-corrected chi connectivity index (χ1v) is 6.23. The Morgan fingerprint density at radius 3 is 2.67 bits per heavy atom. The van der Waals surface area contributed by atoms with Crippen LogP contribution in [0.1, 0.15) is 30.3 Å². The molecule has 6 heteroatoms. The van der Waals surface area contributed by atoms with E-state index in [2.05, 4.69) is 27.3 Å². The Hall–Kier alpha value is -1.69. The molecule has 0 aromatic carbocycles. The summed E-state index contributed by atoms with van der Waals surface area (Å²) >= 11 is 0. The van der Waals surface area contributed by atoms with Gasteiger partial charge in [-0.15, -0.1) is 10.2 Å². The van der Waals surface area contributed by atoms with E-state index in [1.165, 1.54) is 0 Å². The largest absolute Gasteiger partial charge is 0.355 e. The average Bonchev–Trinajstić information content (AvgIpc) is 2.43. The summed E-state index contributed by atoms with van der Waals surface area (Å²) in [7, 11) is 1.57. The highest BCUT2D eigenvalue weighted by Crippen LogP contribution is 2.10. The summed E-state index contributed by atoms with van der Waals surface area (Å²) < 4.78 is 0. The van der Waals surface area contributed by atoms with Crippen LogP contribution in [0.25, 0.3) is 0 Å². The monoisotopic (exact) mass is 251 g/mol. The van der Waals surface area contributed by atoms with Crippen LogP contribution in [0.5, 0.6) is 0 Å². The molecule has 0 spiro atoms. The molecule has 1 aromatic rings. The maximum absolute atomic E-state index is 11.3. The quantitative estimate of drug-likeness (QED) is 0.733. The molecule has 0 atom stereocenters. The molecule has 100 valence electrons. The smallest absolute Gasteiger partial charge is 0.271 e. The van der Waals surface area contributed by atoms with Gasteiger partial charge < -0.3 is 16.0 Å². The number of nitrogens with zero attached hydrogens (tertiary/aromatic N) is 3. The molecule has 1 rings (SSSR count). The molecular formula is C12H21N5O. The van der Waals surface area contributed by atoms with Crippen LogP contribution < -0.4 is 16.0 Å². The zero-order chi connectivity index (χ0) is 13.4. The summed E-state index contributed by atoms with van der Waals surface area (Å²) in [4.78, 5) is 13.5. The molecule has 0 aliphatic rings. The molecule has 0 radical (unpaired) electrons. The van der Waals surface area contributed by atoms with E-state index in [0.717, 1.165) is 31.7 Å². The fourth-order valence-corrected chi connectivity index (χ4v) is 1.64. The highest BCUT2D eigenvalue weighted by molar-refractivity contribution is 5.91. The van der Waals surface area contributed by atoms with Gasteiger partial charge >= 0.3 is 0 Å². The van der Waals surface area contributed by atoms with Crippen molar-refractivity contribution in [3.05, 3.63) is 17.8 Å². The van der Waals surface area contributed by atoms with Gasteiger partial charge in [0.25, 0.3) is 5.91 Å². The first-order chi connectivity index (χ1) is 8.72. The SMILES string of the molecule is CCCN(CCCN)c1ccc(C(=O)NC)nn1. The van der Waals surface area contributed by atoms with Gasteiger partial charge in [-0.05, 0) is 31.5 Å². The number of carbonyl (C=O) groups excluding carboxylic acids is 1. The van der Waals surface area contributed by atoms with Crippen molar-refractivity contribution in [3.8, 4) is 0 Å². The van der Waals surface area contributed by atoms with Crippen LogP contribution in [-0.2, 0) is 0 Å². The van der Waals surface area contributed by atoms with Crippen molar-refractivity contribution >= 4 is 11.7 Å². The third-order valence-corrected chi connectivity index (χ3v) is 2.56. The van der Waals surface area contributed by atoms with E-state index in [4.69, 9.17) is 5.73 Å². The molecule has 0 saturated heterocycles. The first kappa shape index (κ1) is 14.4. The minimum atomic E-state index is -0.224. The number of aromatic nitrogens is 2. The number of hydrogen-bond acceptors (Lipinski definition) is 5. The Morgan fingerprint density at radius 2 is 2.17 bits per heavy atom. The fraction of sp³-hybridized carbons (Fsp3) is 0.583. The van der Waals surface area contributed by atoms with E-state index in [0.29, 0.717) is 12.2 Å². The number of rotatable bonds is 7. The molecule has 0 aliphatic heterocycles. The third-order valence-electron chi connectivity index (χ3n) is 2.56. The topological polar surface area (TPSA) is 84.1 Å². The van der Waals surface area contributed by atoms with Crippen LogP contribution in [0.15, 0.2) is 12.1 Å². The average molecular weight is 251 g/mol. The summed E-state index contributed by atoms with van der Waals surface area (Å²) in [5.41, 5.74) is 5.85. The number of carbonyl (C=O) groups is 1. The van der Waals surface area contributed by atoms with E-state index in [1.54, 1.807) is 13.1 Å². The highest BCUT2D eigenvalue weighted by atomic mass is 16.1. The fourth-order valence-electron chi connectivity index (χ4n) is 1.64. The van der Waals surface area contributed by atoms with E-state index < -0.39 is 0 Å². The Labute approximate surface area is 108 Å². The van der Waals surface area contributed by atoms with Crippen LogP contribution in [0.3, 0.4) is 0 Å². The molecular weight excluding hydrogens is 230 g/mol. The maximum Gasteiger partial charge on any atom is 0.271 e. The predicted octanol–water partition coefficient (Wildman–Crippen LogP) is 0.401. The number of hydrogen-bond donors (Lipinski definition) is 2. The summed E-state index contributed by atoms with van der Waals surface area (Å²) in [6.45, 7) is 4.54. The lowest BCUT2D eigenvalue weighted by Crippen LogP contribution is -2.28. The van der Waals surface area contributed by atoms with Crippen LogP contribution in [-0.4, -0.2) is 42.8 Å². The van der Waals surface area contributed by atoms with Crippen LogP contribution in [0, 0.1) is 0 Å². The molecule has 1 heterocycles. The molecule has 6 nitrogen and oxygen atoms in total. The van der Waals surface area contributed by atoms with E-state index in [9.17, 15) is 4.79 Å². The van der Waals surface area contributed by atoms with E-state index in [1.807, 2.05) is 6.07 Å². The second kappa shape index (κ2) is 7.60. The second-order valence-electron chi connectivity index (χ2n) is 3.99. The summed E-state index contributed by atoms with van der Waals surface area (Å²) in [5.74, 6) is 0.566. The molecule has 1 amide bonds. The summed E-state index contributed by atoms with van der Waals surface area (Å²) in [5, 5.41) is 10.5. The lowest BCUT2D eigenvalue weighted by Gasteiger charge is -2.22. The Balaban J connectivity index is 2.76. The van der Waals surface area contributed by atoms with Crippen LogP contribution in [0.2, 0.25) is 0 Å². The van der Waals surface area contributed by atoms with Crippen molar-refractivity contribution in [3.63, 3.8) is 0 Å². The Morgan fingerprint density at radius 1 is 1.39 bits per heavy atom. The molecule has 0 bridgehead atoms. The van der Waals surface area contributed by atoms with Crippen molar-refractivity contribution in [2.75, 3.05) is 31.6 Å². The zero-order valence-electron chi connectivity index (χ0n) is 11.0. The Kier molecular flexibility index (Phi) is 6.07. The van der Waals surface area contributed by atoms with Crippen molar-refractivity contribution in [2.24, 2.45) is 5.73 Å². The number of nitrogens with one attached hydrogen (secondary N) is 1. The van der Waals surface area contributed by atoms with Crippen LogP contribution >= 0.6 is 0 Å². The van der Waals surface area contributed by atoms with Gasteiger partial charge in [0.2, 0.25) is 0 Å². The van der Waals surface area contributed by atoms with Crippen molar-refractivity contribution in [1.29, 1.82) is 0 Å². The third kappa shape index (κ3) is 3.96. The van der Waals surface area contributed by atoms with Crippen molar-refractivity contribution in [1.82, 2.24) is 15.5 Å². The van der Waals surface area contributed by atoms with Gasteiger partial charge in [-0.1, -0.05) is 6.92 Å². The lowest BCUT2D eigenvalue weighted by molar-refractivity contribution is 0.0957. The predicted molar refractivity (Wildman–Crippen MR) is 71.6 cm³/mol. The van der Waals surface area contributed by atoms with Gasteiger partial charge in [0.15, 0.2) is 11.5 Å². The van der Waals surface area contributed by atoms with Crippen molar-refractivity contribution < 1.29 is 4.79 Å². The number of anilines is 1. The molecule has 0 saturated carbocycles. The first-order valence-electron chi connectivity index (χ1n) is 6.23. The minimum absolute atomic E-state index is 0.224. The van der Waals surface area contributed by atoms with Gasteiger partial charge in [-0.25, -0.2) is 0 Å². The van der Waals surface area contributed by atoms with E-state index >= 15 is 0 Å². The molecule has 0 fully saturated rings. The van der Waals surface area contributed by atoms with E-state index in [-0.39, 0.29) is 5.91 Å². The molecule has 18 heavy (non-hydrogen) atoms. The minimum Gasteiger partial charge on any atom is -0.355 e. The normalized spacial score (nSPS) is 10.2. The maximum atomic E-state index is 11.3. The second-order valence-corrected chi connectivity index (χ2v) is 3.99. The van der Waals surface area contributed by atoms with Gasteiger partial charge in [-0.2, -0.15) is 0 Å². The standard InChI is InChI=1S/C12H21N5O/c1-3-8-17(9-4-7-13)11-6-5-10(15-16-11)12(18)14-2/h5-6H,3-4,7-9,13H2,1-2H3,(H,14,18).